The number of amides is 1. The average molecular weight is 488 g/mol. The number of aliphatic hydroxyl groups is 1. The third kappa shape index (κ3) is 6.59. The van der Waals surface area contributed by atoms with E-state index in [4.69, 9.17) is 0 Å². The number of carbonyl (C=O) groups excluding carboxylic acids is 1. The molecule has 1 amide bonds. The first-order chi connectivity index (χ1) is 16.3. The molecule has 0 spiro atoms. The highest BCUT2D eigenvalue weighted by Crippen LogP contribution is 2.22. The molecule has 1 aromatic heterocycles. The minimum absolute atomic E-state index is 0.153. The molecule has 1 atom stereocenters. The molecule has 0 unspecified atom stereocenters. The summed E-state index contributed by atoms with van der Waals surface area (Å²) in [4.78, 5) is 23.2. The number of benzene rings is 1. The van der Waals surface area contributed by atoms with E-state index >= 15 is 0 Å². The highest BCUT2D eigenvalue weighted by molar-refractivity contribution is 7.88. The molecular weight excluding hydrogens is 454 g/mol. The van der Waals surface area contributed by atoms with Crippen molar-refractivity contribution in [2.24, 2.45) is 5.92 Å². The van der Waals surface area contributed by atoms with E-state index in [1.54, 1.807) is 6.07 Å². The molecule has 184 valence electrons. The molecule has 0 radical (unpaired) electrons. The number of hydrogen-bond acceptors (Lipinski definition) is 7. The van der Waals surface area contributed by atoms with Crippen LogP contribution in [0.1, 0.15) is 40.2 Å². The lowest BCUT2D eigenvalue weighted by Crippen LogP contribution is -2.42. The van der Waals surface area contributed by atoms with Gasteiger partial charge in [-0.1, -0.05) is 24.3 Å². The third-order valence-corrected chi connectivity index (χ3v) is 7.98. The Morgan fingerprint density at radius 2 is 1.91 bits per heavy atom. The number of nitrogens with one attached hydrogen (secondary N) is 1. The zero-order valence-electron chi connectivity index (χ0n) is 19.6. The number of nitrogens with zero attached hydrogens (tertiary/aromatic N) is 4. The number of β-amino-alcohol motifs (C(OH)–C–C–N with tert-alkyl or cyclic N) is 1. The Hall–Kier alpha value is -2.40. The number of aromatic nitrogens is 2. The molecule has 3 heterocycles. The summed E-state index contributed by atoms with van der Waals surface area (Å²) in [5.41, 5.74) is 3.70. The molecule has 0 bridgehead atoms. The van der Waals surface area contributed by atoms with Crippen molar-refractivity contribution in [3.63, 3.8) is 0 Å². The lowest BCUT2D eigenvalue weighted by molar-refractivity contribution is 0.0837. The molecule has 2 aliphatic heterocycles. The summed E-state index contributed by atoms with van der Waals surface area (Å²) in [6.45, 7) is 3.38. The lowest BCUT2D eigenvalue weighted by atomic mass is 9.93. The van der Waals surface area contributed by atoms with Crippen LogP contribution < -0.4 is 5.32 Å². The van der Waals surface area contributed by atoms with E-state index in [0.29, 0.717) is 32.0 Å². The van der Waals surface area contributed by atoms with E-state index < -0.39 is 16.1 Å². The van der Waals surface area contributed by atoms with Crippen LogP contribution in [0.5, 0.6) is 0 Å². The van der Waals surface area contributed by atoms with Crippen LogP contribution in [0, 0.1) is 5.92 Å². The quantitative estimate of drug-likeness (QED) is 0.567. The van der Waals surface area contributed by atoms with Crippen LogP contribution in [-0.2, 0) is 29.4 Å². The minimum Gasteiger partial charge on any atom is -0.390 e. The van der Waals surface area contributed by atoms with Gasteiger partial charge in [0.15, 0.2) is 0 Å². The molecule has 4 rings (SSSR count). The number of piperidine rings is 1. The van der Waals surface area contributed by atoms with Crippen molar-refractivity contribution in [2.75, 3.05) is 39.0 Å². The normalized spacial score (nSPS) is 18.9. The first kappa shape index (κ1) is 24.7. The van der Waals surface area contributed by atoms with Gasteiger partial charge in [0, 0.05) is 45.0 Å². The topological polar surface area (TPSA) is 116 Å². The fraction of sp³-hybridized carbons (Fsp3) is 0.542. The molecule has 2 N–H and O–H groups in total. The second-order valence-electron chi connectivity index (χ2n) is 9.32. The van der Waals surface area contributed by atoms with Gasteiger partial charge in [0.1, 0.15) is 12.0 Å². The van der Waals surface area contributed by atoms with E-state index in [1.807, 2.05) is 6.07 Å². The first-order valence-corrected chi connectivity index (χ1v) is 13.6. The predicted octanol–water partition coefficient (Wildman–Crippen LogP) is 0.840. The van der Waals surface area contributed by atoms with E-state index in [1.165, 1.54) is 28.0 Å². The number of hydrogen-bond donors (Lipinski definition) is 2. The Balaban J connectivity index is 1.23. The average Bonchev–Trinajstić information content (AvgIpc) is 2.82. The minimum atomic E-state index is -3.14. The van der Waals surface area contributed by atoms with Gasteiger partial charge in [-0.25, -0.2) is 22.7 Å². The number of carbonyl (C=O) groups is 1. The predicted molar refractivity (Wildman–Crippen MR) is 129 cm³/mol. The second kappa shape index (κ2) is 10.9. The van der Waals surface area contributed by atoms with Crippen molar-refractivity contribution >= 4 is 15.9 Å². The van der Waals surface area contributed by atoms with Crippen molar-refractivity contribution in [2.45, 2.75) is 38.3 Å². The third-order valence-electron chi connectivity index (χ3n) is 6.67. The summed E-state index contributed by atoms with van der Waals surface area (Å²) in [7, 11) is -3.14. The fourth-order valence-electron chi connectivity index (χ4n) is 4.75. The SMILES string of the molecule is CS(=O)(=O)N1CCC(Cc2cc(C(=O)NC[C@H](O)CN3CCc4ccccc4C3)ncn2)CC1. The maximum atomic E-state index is 12.6. The molecule has 9 nitrogen and oxygen atoms in total. The van der Waals surface area contributed by atoms with Crippen LogP contribution in [0.15, 0.2) is 36.7 Å². The highest BCUT2D eigenvalue weighted by atomic mass is 32.2. The Labute approximate surface area is 201 Å². The van der Waals surface area contributed by atoms with Gasteiger partial charge in [0.25, 0.3) is 5.91 Å². The Kier molecular flexibility index (Phi) is 7.92. The van der Waals surface area contributed by atoms with Gasteiger partial charge in [-0.2, -0.15) is 0 Å². The van der Waals surface area contributed by atoms with Gasteiger partial charge >= 0.3 is 0 Å². The van der Waals surface area contributed by atoms with Crippen molar-refractivity contribution in [3.8, 4) is 0 Å². The Morgan fingerprint density at radius 3 is 2.65 bits per heavy atom. The molecule has 0 aliphatic carbocycles. The summed E-state index contributed by atoms with van der Waals surface area (Å²) in [5.74, 6) is -0.0149. The summed E-state index contributed by atoms with van der Waals surface area (Å²) < 4.78 is 24.9. The summed E-state index contributed by atoms with van der Waals surface area (Å²) >= 11 is 0. The van der Waals surface area contributed by atoms with Gasteiger partial charge in [0.05, 0.1) is 12.4 Å². The van der Waals surface area contributed by atoms with Crippen molar-refractivity contribution in [3.05, 3.63) is 59.2 Å². The largest absolute Gasteiger partial charge is 0.390 e. The first-order valence-electron chi connectivity index (χ1n) is 11.8. The molecule has 34 heavy (non-hydrogen) atoms. The summed E-state index contributed by atoms with van der Waals surface area (Å²) in [6.07, 6.45) is 5.14. The van der Waals surface area contributed by atoms with Crippen LogP contribution in [0.25, 0.3) is 0 Å². The Bertz CT molecular complexity index is 1100. The van der Waals surface area contributed by atoms with Gasteiger partial charge in [-0.15, -0.1) is 0 Å². The van der Waals surface area contributed by atoms with Crippen LogP contribution in [0.3, 0.4) is 0 Å². The molecule has 2 aromatic rings. The van der Waals surface area contributed by atoms with Gasteiger partial charge < -0.3 is 10.4 Å². The van der Waals surface area contributed by atoms with E-state index in [0.717, 1.165) is 38.0 Å². The second-order valence-corrected chi connectivity index (χ2v) is 11.3. The van der Waals surface area contributed by atoms with E-state index in [-0.39, 0.29) is 18.1 Å². The summed E-state index contributed by atoms with van der Waals surface area (Å²) in [6, 6.07) is 10.0. The van der Waals surface area contributed by atoms with Crippen molar-refractivity contribution in [1.29, 1.82) is 0 Å². The van der Waals surface area contributed by atoms with Crippen molar-refractivity contribution in [1.82, 2.24) is 24.5 Å². The van der Waals surface area contributed by atoms with Crippen LogP contribution in [-0.4, -0.2) is 83.7 Å². The molecule has 1 saturated heterocycles. The molecule has 1 fully saturated rings. The highest BCUT2D eigenvalue weighted by Gasteiger charge is 2.25. The number of sulfonamides is 1. The Morgan fingerprint density at radius 1 is 1.18 bits per heavy atom. The zero-order chi connectivity index (χ0) is 24.1. The van der Waals surface area contributed by atoms with Gasteiger partial charge in [-0.3, -0.25) is 9.69 Å². The monoisotopic (exact) mass is 487 g/mol. The van der Waals surface area contributed by atoms with Crippen molar-refractivity contribution < 1.29 is 18.3 Å². The van der Waals surface area contributed by atoms with Crippen LogP contribution in [0.2, 0.25) is 0 Å². The molecule has 10 heteroatoms. The zero-order valence-corrected chi connectivity index (χ0v) is 20.4. The molecule has 2 aliphatic rings. The lowest BCUT2D eigenvalue weighted by Gasteiger charge is -2.30. The molecular formula is C24H33N5O4S. The summed E-state index contributed by atoms with van der Waals surface area (Å²) in [5, 5.41) is 13.2. The smallest absolute Gasteiger partial charge is 0.270 e. The maximum absolute atomic E-state index is 12.6. The fourth-order valence-corrected chi connectivity index (χ4v) is 5.62. The van der Waals surface area contributed by atoms with Crippen LogP contribution >= 0.6 is 0 Å². The standard InChI is InChI=1S/C24H33N5O4S/c1-34(32,33)29-10-6-18(7-11-29)12-21-13-23(27-17-26-21)24(31)25-14-22(30)16-28-9-8-19-4-2-3-5-20(19)15-28/h2-5,13,17-18,22,30H,6-12,14-16H2,1H3,(H,25,31)/t22-/m0/s1. The van der Waals surface area contributed by atoms with Gasteiger partial charge in [0.2, 0.25) is 10.0 Å². The molecule has 0 saturated carbocycles. The van der Waals surface area contributed by atoms with Crippen LogP contribution in [0.4, 0.5) is 0 Å². The molecule has 1 aromatic carbocycles. The maximum Gasteiger partial charge on any atom is 0.270 e. The number of fused-ring (bicyclic) bond motifs is 1. The number of rotatable bonds is 8. The van der Waals surface area contributed by atoms with Gasteiger partial charge in [-0.05, 0) is 48.8 Å². The van der Waals surface area contributed by atoms with E-state index in [9.17, 15) is 18.3 Å². The number of aliphatic hydroxyl groups excluding tert-OH is 1. The van der Waals surface area contributed by atoms with E-state index in [2.05, 4.69) is 38.4 Å².